The van der Waals surface area contributed by atoms with Crippen molar-refractivity contribution in [3.05, 3.63) is 47.1 Å². The summed E-state index contributed by atoms with van der Waals surface area (Å²) in [6, 6.07) is 11.4. The van der Waals surface area contributed by atoms with E-state index in [0.29, 0.717) is 16.7 Å². The Kier molecular flexibility index (Phi) is 6.40. The molecule has 0 amide bonds. The van der Waals surface area contributed by atoms with Crippen molar-refractivity contribution >= 4 is 40.5 Å². The van der Waals surface area contributed by atoms with Crippen LogP contribution in [0, 0.1) is 0 Å². The maximum Gasteiger partial charge on any atom is 0.191 e. The van der Waals surface area contributed by atoms with Gasteiger partial charge in [-0.2, -0.15) is 0 Å². The Morgan fingerprint density at radius 2 is 2.10 bits per heavy atom. The summed E-state index contributed by atoms with van der Waals surface area (Å²) in [5, 5.41) is 3.46. The Balaban J connectivity index is 1.96. The molecule has 1 N–H and O–H groups in total. The van der Waals surface area contributed by atoms with E-state index >= 15 is 0 Å². The highest BCUT2D eigenvalue weighted by atomic mass is 35.5. The van der Waals surface area contributed by atoms with E-state index in [1.165, 1.54) is 17.8 Å². The van der Waals surface area contributed by atoms with Gasteiger partial charge in [-0.05, 0) is 5.56 Å². The van der Waals surface area contributed by atoms with Gasteiger partial charge in [0, 0.05) is 11.8 Å². The number of nitrogens with zero attached hydrogens (tertiary/aromatic N) is 2. The van der Waals surface area contributed by atoms with Crippen LogP contribution < -0.4 is 5.32 Å². The second kappa shape index (κ2) is 8.30. The SMILES string of the molecule is O=S([O-])OCNc1cc(Cl)nc(SCc2ccccc2)n1. The van der Waals surface area contributed by atoms with E-state index < -0.39 is 11.4 Å². The fourth-order valence-corrected chi connectivity index (χ4v) is 2.63. The highest BCUT2D eigenvalue weighted by Crippen LogP contribution is 2.22. The molecule has 0 aliphatic carbocycles. The molecule has 0 spiro atoms. The third kappa shape index (κ3) is 5.98. The predicted molar refractivity (Wildman–Crippen MR) is 81.5 cm³/mol. The topological polar surface area (TPSA) is 87.2 Å². The lowest BCUT2D eigenvalue weighted by Crippen LogP contribution is -2.09. The van der Waals surface area contributed by atoms with Gasteiger partial charge in [0.15, 0.2) is 5.16 Å². The van der Waals surface area contributed by atoms with Crippen molar-refractivity contribution in [2.45, 2.75) is 10.9 Å². The zero-order valence-electron chi connectivity index (χ0n) is 10.7. The molecule has 21 heavy (non-hydrogen) atoms. The zero-order valence-corrected chi connectivity index (χ0v) is 13.1. The maximum absolute atomic E-state index is 10.3. The summed E-state index contributed by atoms with van der Waals surface area (Å²) in [7, 11) is 0. The molecule has 0 radical (unpaired) electrons. The average molecular weight is 345 g/mol. The Labute approximate surface area is 133 Å². The molecule has 2 rings (SSSR count). The van der Waals surface area contributed by atoms with Gasteiger partial charge >= 0.3 is 0 Å². The molecule has 1 aromatic carbocycles. The number of halogens is 1. The highest BCUT2D eigenvalue weighted by Gasteiger charge is 2.04. The van der Waals surface area contributed by atoms with Crippen molar-refractivity contribution in [1.82, 2.24) is 9.97 Å². The molecule has 0 saturated carbocycles. The van der Waals surface area contributed by atoms with Crippen LogP contribution in [0.25, 0.3) is 0 Å². The van der Waals surface area contributed by atoms with Crippen LogP contribution in [-0.2, 0) is 21.3 Å². The molecule has 0 aliphatic rings. The molecule has 1 aromatic heterocycles. The van der Waals surface area contributed by atoms with Gasteiger partial charge in [-0.1, -0.05) is 53.7 Å². The third-order valence-corrected chi connectivity index (χ3v) is 3.72. The Morgan fingerprint density at radius 1 is 1.33 bits per heavy atom. The number of hydrogen-bond donors (Lipinski definition) is 1. The average Bonchev–Trinajstić information content (AvgIpc) is 2.45. The van der Waals surface area contributed by atoms with Gasteiger partial charge in [0.1, 0.15) is 17.7 Å². The second-order valence-corrected chi connectivity index (χ2v) is 5.75. The number of anilines is 1. The summed E-state index contributed by atoms with van der Waals surface area (Å²) < 4.78 is 24.9. The van der Waals surface area contributed by atoms with Gasteiger partial charge < -0.3 is 9.87 Å². The van der Waals surface area contributed by atoms with Crippen LogP contribution in [0.4, 0.5) is 5.82 Å². The normalized spacial score (nSPS) is 12.1. The largest absolute Gasteiger partial charge is 0.750 e. The van der Waals surface area contributed by atoms with Gasteiger partial charge in [0.2, 0.25) is 0 Å². The van der Waals surface area contributed by atoms with Gasteiger partial charge in [0.05, 0.1) is 11.4 Å². The van der Waals surface area contributed by atoms with Gasteiger partial charge in [0.25, 0.3) is 0 Å². The first-order chi connectivity index (χ1) is 10.1. The Morgan fingerprint density at radius 3 is 2.81 bits per heavy atom. The number of hydrogen-bond acceptors (Lipinski definition) is 7. The minimum Gasteiger partial charge on any atom is -0.750 e. The first-order valence-electron chi connectivity index (χ1n) is 5.81. The number of aromatic nitrogens is 2. The first-order valence-corrected chi connectivity index (χ1v) is 8.17. The highest BCUT2D eigenvalue weighted by molar-refractivity contribution is 7.98. The summed E-state index contributed by atoms with van der Waals surface area (Å²) in [5.41, 5.74) is 1.14. The van der Waals surface area contributed by atoms with Gasteiger partial charge in [-0.3, -0.25) is 4.18 Å². The molecule has 2 aromatic rings. The Hall–Kier alpha value is -1.19. The fourth-order valence-electron chi connectivity index (χ4n) is 1.43. The summed E-state index contributed by atoms with van der Waals surface area (Å²) in [4.78, 5) is 8.33. The zero-order chi connectivity index (χ0) is 15.1. The molecule has 0 fully saturated rings. The van der Waals surface area contributed by atoms with E-state index in [1.807, 2.05) is 30.3 Å². The van der Waals surface area contributed by atoms with Crippen LogP contribution in [0.15, 0.2) is 41.6 Å². The van der Waals surface area contributed by atoms with Crippen molar-refractivity contribution < 1.29 is 12.9 Å². The van der Waals surface area contributed by atoms with Crippen molar-refractivity contribution in [1.29, 1.82) is 0 Å². The van der Waals surface area contributed by atoms with Crippen molar-refractivity contribution in [2.24, 2.45) is 0 Å². The van der Waals surface area contributed by atoms with Crippen LogP contribution >= 0.6 is 23.4 Å². The summed E-state index contributed by atoms with van der Waals surface area (Å²) in [5.74, 6) is 1.11. The van der Waals surface area contributed by atoms with Crippen LogP contribution in [-0.4, -0.2) is 25.5 Å². The van der Waals surface area contributed by atoms with Crippen molar-refractivity contribution in [2.75, 3.05) is 12.0 Å². The van der Waals surface area contributed by atoms with E-state index in [1.54, 1.807) is 0 Å². The molecule has 1 heterocycles. The Bertz CT molecular complexity index is 616. The number of rotatable bonds is 7. The molecule has 0 saturated heterocycles. The summed E-state index contributed by atoms with van der Waals surface area (Å²) in [6.07, 6.45) is 0. The van der Waals surface area contributed by atoms with E-state index in [9.17, 15) is 8.76 Å². The maximum atomic E-state index is 10.3. The summed E-state index contributed by atoms with van der Waals surface area (Å²) >= 11 is 4.77. The number of benzene rings is 1. The van der Waals surface area contributed by atoms with Gasteiger partial charge in [-0.25, -0.2) is 14.2 Å². The molecule has 112 valence electrons. The molecule has 9 heteroatoms. The number of nitrogens with one attached hydrogen (secondary N) is 1. The van der Waals surface area contributed by atoms with Crippen LogP contribution in [0.1, 0.15) is 5.56 Å². The van der Waals surface area contributed by atoms with Crippen LogP contribution in [0.3, 0.4) is 0 Å². The standard InChI is InChI=1S/C12H12ClN3O3S2/c13-10-6-11(14-8-19-21(17)18)16-12(15-10)20-7-9-4-2-1-3-5-9/h1-6H,7-8H2,(H,17,18)(H,14,15,16)/p-1. The monoisotopic (exact) mass is 344 g/mol. The second-order valence-electron chi connectivity index (χ2n) is 3.78. The van der Waals surface area contributed by atoms with Crippen LogP contribution in [0.2, 0.25) is 5.15 Å². The van der Waals surface area contributed by atoms with E-state index in [0.717, 1.165) is 5.56 Å². The molecular formula is C12H11ClN3O3S2-. The predicted octanol–water partition coefficient (Wildman–Crippen LogP) is 2.60. The third-order valence-electron chi connectivity index (χ3n) is 2.29. The molecule has 6 nitrogen and oxygen atoms in total. The first kappa shape index (κ1) is 16.2. The molecular weight excluding hydrogens is 334 g/mol. The molecule has 1 unspecified atom stereocenters. The molecule has 1 atom stereocenters. The van der Waals surface area contributed by atoms with E-state index in [-0.39, 0.29) is 11.9 Å². The lowest BCUT2D eigenvalue weighted by molar-refractivity contribution is 0.322. The van der Waals surface area contributed by atoms with E-state index in [4.69, 9.17) is 11.6 Å². The number of thioether (sulfide) groups is 1. The minimum atomic E-state index is -2.57. The quantitative estimate of drug-likeness (QED) is 0.271. The lowest BCUT2D eigenvalue weighted by atomic mass is 10.2. The van der Waals surface area contributed by atoms with Crippen molar-refractivity contribution in [3.8, 4) is 0 Å². The molecule has 0 bridgehead atoms. The van der Waals surface area contributed by atoms with Crippen molar-refractivity contribution in [3.63, 3.8) is 0 Å². The summed E-state index contributed by atoms with van der Waals surface area (Å²) in [6.45, 7) is -0.216. The fraction of sp³-hybridized carbons (Fsp3) is 0.167. The molecule has 0 aliphatic heterocycles. The van der Waals surface area contributed by atoms with E-state index in [2.05, 4.69) is 19.5 Å². The lowest BCUT2D eigenvalue weighted by Gasteiger charge is -2.09. The van der Waals surface area contributed by atoms with Gasteiger partial charge in [-0.15, -0.1) is 0 Å². The smallest absolute Gasteiger partial charge is 0.191 e. The minimum absolute atomic E-state index is 0.216. The van der Waals surface area contributed by atoms with Crippen LogP contribution in [0.5, 0.6) is 0 Å².